The van der Waals surface area contributed by atoms with E-state index in [0.29, 0.717) is 13.0 Å². The van der Waals surface area contributed by atoms with Crippen LogP contribution in [0.15, 0.2) is 29.2 Å². The molecule has 0 aromatic heterocycles. The first kappa shape index (κ1) is 14.1. The summed E-state index contributed by atoms with van der Waals surface area (Å²) in [5, 5.41) is 0. The second kappa shape index (κ2) is 5.57. The van der Waals surface area contributed by atoms with E-state index in [1.807, 2.05) is 0 Å². The molecule has 17 heavy (non-hydrogen) atoms. The first-order valence-corrected chi connectivity index (χ1v) is 6.77. The maximum absolute atomic E-state index is 13.0. The van der Waals surface area contributed by atoms with Crippen molar-refractivity contribution >= 4 is 10.0 Å². The van der Waals surface area contributed by atoms with Crippen LogP contribution in [-0.2, 0) is 10.0 Å². The molecular formula is C11H17FN2O2S. The van der Waals surface area contributed by atoms with Crippen molar-refractivity contribution in [2.75, 3.05) is 13.6 Å². The molecule has 0 saturated carbocycles. The van der Waals surface area contributed by atoms with E-state index in [0.717, 1.165) is 6.07 Å². The van der Waals surface area contributed by atoms with Gasteiger partial charge < -0.3 is 5.73 Å². The number of rotatable bonds is 5. The van der Waals surface area contributed by atoms with Gasteiger partial charge in [-0.05, 0) is 38.1 Å². The van der Waals surface area contributed by atoms with Crippen molar-refractivity contribution in [3.05, 3.63) is 30.1 Å². The first-order valence-electron chi connectivity index (χ1n) is 5.33. The molecule has 0 saturated heterocycles. The first-order chi connectivity index (χ1) is 7.89. The van der Waals surface area contributed by atoms with E-state index in [2.05, 4.69) is 0 Å². The van der Waals surface area contributed by atoms with Gasteiger partial charge in [-0.15, -0.1) is 0 Å². The third-order valence-electron chi connectivity index (χ3n) is 2.68. The summed E-state index contributed by atoms with van der Waals surface area (Å²) in [7, 11) is -2.17. The predicted octanol–water partition coefficient (Wildman–Crippen LogP) is 1.18. The van der Waals surface area contributed by atoms with Crippen LogP contribution >= 0.6 is 0 Å². The summed E-state index contributed by atoms with van der Waals surface area (Å²) in [6, 6.07) is 4.77. The van der Waals surface area contributed by atoms with Gasteiger partial charge in [0, 0.05) is 13.1 Å². The zero-order chi connectivity index (χ0) is 13.1. The third-order valence-corrected chi connectivity index (χ3v) is 4.65. The van der Waals surface area contributed by atoms with E-state index >= 15 is 0 Å². The highest BCUT2D eigenvalue weighted by Crippen LogP contribution is 2.18. The fourth-order valence-corrected chi connectivity index (χ4v) is 2.88. The van der Waals surface area contributed by atoms with Crippen LogP contribution < -0.4 is 5.73 Å². The molecule has 1 rings (SSSR count). The van der Waals surface area contributed by atoms with E-state index in [1.165, 1.54) is 29.6 Å². The quantitative estimate of drug-likeness (QED) is 0.864. The predicted molar refractivity (Wildman–Crippen MR) is 64.5 cm³/mol. The number of hydrogen-bond donors (Lipinski definition) is 1. The van der Waals surface area contributed by atoms with Gasteiger partial charge in [-0.3, -0.25) is 0 Å². The maximum Gasteiger partial charge on any atom is 0.243 e. The Balaban J connectivity index is 3.03. The minimum absolute atomic E-state index is 0.0381. The van der Waals surface area contributed by atoms with E-state index < -0.39 is 15.8 Å². The second-order valence-electron chi connectivity index (χ2n) is 3.90. The zero-order valence-electron chi connectivity index (χ0n) is 9.93. The summed E-state index contributed by atoms with van der Waals surface area (Å²) in [4.78, 5) is -0.0381. The molecule has 96 valence electrons. The Labute approximate surface area is 101 Å². The molecule has 0 heterocycles. The van der Waals surface area contributed by atoms with Crippen molar-refractivity contribution in [3.63, 3.8) is 0 Å². The molecule has 1 aromatic carbocycles. The number of sulfonamides is 1. The number of nitrogens with two attached hydrogens (primary N) is 1. The lowest BCUT2D eigenvalue weighted by Crippen LogP contribution is -2.36. The lowest BCUT2D eigenvalue weighted by atomic mass is 10.2. The van der Waals surface area contributed by atoms with Crippen molar-refractivity contribution in [2.45, 2.75) is 24.3 Å². The summed E-state index contributed by atoms with van der Waals surface area (Å²) >= 11 is 0. The Morgan fingerprint density at radius 3 is 2.65 bits per heavy atom. The van der Waals surface area contributed by atoms with Gasteiger partial charge in [-0.25, -0.2) is 12.8 Å². The molecule has 6 heteroatoms. The van der Waals surface area contributed by atoms with Gasteiger partial charge in [-0.1, -0.05) is 6.07 Å². The summed E-state index contributed by atoms with van der Waals surface area (Å²) in [6.45, 7) is 2.17. The van der Waals surface area contributed by atoms with E-state index in [1.54, 1.807) is 6.92 Å². The van der Waals surface area contributed by atoms with Gasteiger partial charge in [0.25, 0.3) is 0 Å². The molecule has 0 aliphatic rings. The molecule has 0 fully saturated rings. The average Bonchev–Trinajstić information content (AvgIpc) is 2.28. The Morgan fingerprint density at radius 2 is 2.12 bits per heavy atom. The molecule has 0 spiro atoms. The highest BCUT2D eigenvalue weighted by atomic mass is 32.2. The topological polar surface area (TPSA) is 63.4 Å². The molecular weight excluding hydrogens is 243 g/mol. The van der Waals surface area contributed by atoms with Crippen molar-refractivity contribution in [1.82, 2.24) is 4.31 Å². The van der Waals surface area contributed by atoms with Gasteiger partial charge in [0.05, 0.1) is 4.90 Å². The minimum Gasteiger partial charge on any atom is -0.330 e. The summed E-state index contributed by atoms with van der Waals surface area (Å²) in [6.07, 6.45) is 0.561. The fraction of sp³-hybridized carbons (Fsp3) is 0.455. The van der Waals surface area contributed by atoms with E-state index in [4.69, 9.17) is 5.73 Å². The number of benzene rings is 1. The fourth-order valence-electron chi connectivity index (χ4n) is 1.45. The normalized spacial score (nSPS) is 13.9. The smallest absolute Gasteiger partial charge is 0.243 e. The van der Waals surface area contributed by atoms with Gasteiger partial charge in [0.2, 0.25) is 10.0 Å². The molecule has 1 aromatic rings. The number of hydrogen-bond acceptors (Lipinski definition) is 3. The molecule has 0 aliphatic heterocycles. The highest BCUT2D eigenvalue weighted by Gasteiger charge is 2.25. The molecule has 1 atom stereocenters. The van der Waals surface area contributed by atoms with Crippen LogP contribution in [0.25, 0.3) is 0 Å². The van der Waals surface area contributed by atoms with Crippen LogP contribution in [0.3, 0.4) is 0 Å². The van der Waals surface area contributed by atoms with Crippen LogP contribution in [0, 0.1) is 5.82 Å². The van der Waals surface area contributed by atoms with Crippen molar-refractivity contribution in [3.8, 4) is 0 Å². The summed E-state index contributed by atoms with van der Waals surface area (Å²) in [5.41, 5.74) is 5.39. The molecule has 0 aliphatic carbocycles. The Hall–Kier alpha value is -0.980. The average molecular weight is 260 g/mol. The lowest BCUT2D eigenvalue weighted by Gasteiger charge is -2.23. The lowest BCUT2D eigenvalue weighted by molar-refractivity contribution is 0.374. The number of halogens is 1. The Kier molecular flexibility index (Phi) is 4.62. The molecule has 1 unspecified atom stereocenters. The monoisotopic (exact) mass is 260 g/mol. The summed E-state index contributed by atoms with van der Waals surface area (Å²) < 4.78 is 38.5. The second-order valence-corrected chi connectivity index (χ2v) is 5.90. The Morgan fingerprint density at radius 1 is 1.47 bits per heavy atom. The molecule has 0 amide bonds. The molecule has 4 nitrogen and oxygen atoms in total. The van der Waals surface area contributed by atoms with Crippen LogP contribution in [0.4, 0.5) is 4.39 Å². The highest BCUT2D eigenvalue weighted by molar-refractivity contribution is 7.89. The van der Waals surface area contributed by atoms with Crippen LogP contribution in [0.2, 0.25) is 0 Å². The van der Waals surface area contributed by atoms with Gasteiger partial charge in [0.15, 0.2) is 0 Å². The van der Waals surface area contributed by atoms with Crippen LogP contribution in [-0.4, -0.2) is 32.4 Å². The number of nitrogens with zero attached hydrogens (tertiary/aromatic N) is 1. The van der Waals surface area contributed by atoms with E-state index in [9.17, 15) is 12.8 Å². The standard InChI is InChI=1S/C11H17FN2O2S/c1-9(6-7-13)14(2)17(15,16)11-5-3-4-10(12)8-11/h3-5,8-9H,6-7,13H2,1-2H3. The largest absolute Gasteiger partial charge is 0.330 e. The van der Waals surface area contributed by atoms with Crippen molar-refractivity contribution < 1.29 is 12.8 Å². The zero-order valence-corrected chi connectivity index (χ0v) is 10.7. The van der Waals surface area contributed by atoms with Crippen molar-refractivity contribution in [2.24, 2.45) is 5.73 Å². The van der Waals surface area contributed by atoms with Gasteiger partial charge in [0.1, 0.15) is 5.82 Å². The van der Waals surface area contributed by atoms with Gasteiger partial charge >= 0.3 is 0 Å². The molecule has 2 N–H and O–H groups in total. The van der Waals surface area contributed by atoms with E-state index in [-0.39, 0.29) is 10.9 Å². The SMILES string of the molecule is CC(CCN)N(C)S(=O)(=O)c1cccc(F)c1. The minimum atomic E-state index is -3.65. The molecule has 0 bridgehead atoms. The summed E-state index contributed by atoms with van der Waals surface area (Å²) in [5.74, 6) is -0.564. The van der Waals surface area contributed by atoms with Crippen molar-refractivity contribution in [1.29, 1.82) is 0 Å². The Bertz CT molecular complexity index is 476. The molecule has 0 radical (unpaired) electrons. The maximum atomic E-state index is 13.0. The van der Waals surface area contributed by atoms with Crippen LogP contribution in [0.5, 0.6) is 0 Å². The van der Waals surface area contributed by atoms with Gasteiger partial charge in [-0.2, -0.15) is 4.31 Å². The van der Waals surface area contributed by atoms with Crippen LogP contribution in [0.1, 0.15) is 13.3 Å². The third kappa shape index (κ3) is 3.24.